The molecule has 3 heterocycles. The summed E-state index contributed by atoms with van der Waals surface area (Å²) in [6, 6.07) is 4.10. The Labute approximate surface area is 182 Å². The zero-order chi connectivity index (χ0) is 22.4. The lowest BCUT2D eigenvalue weighted by Crippen LogP contribution is -2.31. The molecule has 1 amide bonds. The van der Waals surface area contributed by atoms with Gasteiger partial charge in [-0.05, 0) is 31.4 Å². The number of hydrogen-bond acceptors (Lipinski definition) is 7. The molecule has 0 aliphatic carbocycles. The van der Waals surface area contributed by atoms with E-state index in [9.17, 15) is 18.0 Å². The van der Waals surface area contributed by atoms with Gasteiger partial charge in [-0.1, -0.05) is 18.7 Å². The van der Waals surface area contributed by atoms with Gasteiger partial charge in [0, 0.05) is 32.8 Å². The van der Waals surface area contributed by atoms with Crippen molar-refractivity contribution in [3.8, 4) is 0 Å². The molecule has 1 fully saturated rings. The molecule has 31 heavy (non-hydrogen) atoms. The van der Waals surface area contributed by atoms with Gasteiger partial charge in [0.2, 0.25) is 0 Å². The minimum absolute atomic E-state index is 0.00596. The van der Waals surface area contributed by atoms with Crippen molar-refractivity contribution in [3.63, 3.8) is 0 Å². The van der Waals surface area contributed by atoms with E-state index in [0.717, 1.165) is 37.1 Å². The number of hydrogen-bond donors (Lipinski definition) is 1. The summed E-state index contributed by atoms with van der Waals surface area (Å²) < 4.78 is 50.7. The van der Waals surface area contributed by atoms with E-state index in [1.807, 2.05) is 6.92 Å². The smallest absolute Gasteiger partial charge is 0.433 e. The van der Waals surface area contributed by atoms with E-state index in [0.29, 0.717) is 25.5 Å². The Bertz CT molecular complexity index is 885. The summed E-state index contributed by atoms with van der Waals surface area (Å²) in [4.78, 5) is 21.7. The summed E-state index contributed by atoms with van der Waals surface area (Å²) in [6.45, 7) is 3.62. The Hall–Kier alpha value is -2.27. The van der Waals surface area contributed by atoms with Crippen LogP contribution in [0.2, 0.25) is 0 Å². The maximum absolute atomic E-state index is 13.2. The molecule has 1 aliphatic rings. The molecule has 1 unspecified atom stereocenters. The maximum Gasteiger partial charge on any atom is 0.433 e. The Morgan fingerprint density at radius 2 is 2.16 bits per heavy atom. The third-order valence-corrected chi connectivity index (χ3v) is 5.55. The minimum Gasteiger partial charge on any atom is -0.455 e. The molecule has 2 aromatic heterocycles. The summed E-state index contributed by atoms with van der Waals surface area (Å²) in [6.07, 6.45) is -1.89. The van der Waals surface area contributed by atoms with Gasteiger partial charge >= 0.3 is 6.18 Å². The lowest BCUT2D eigenvalue weighted by atomic mass is 10.2. The fourth-order valence-corrected chi connectivity index (χ4v) is 3.83. The van der Waals surface area contributed by atoms with Gasteiger partial charge < -0.3 is 19.4 Å². The number of nitrogens with zero attached hydrogens (tertiary/aromatic N) is 3. The van der Waals surface area contributed by atoms with Gasteiger partial charge in [0.15, 0.2) is 16.6 Å². The van der Waals surface area contributed by atoms with Gasteiger partial charge in [0.1, 0.15) is 11.6 Å². The van der Waals surface area contributed by atoms with Crippen molar-refractivity contribution >= 4 is 23.5 Å². The Morgan fingerprint density at radius 1 is 1.35 bits per heavy atom. The highest BCUT2D eigenvalue weighted by atomic mass is 32.2. The molecule has 1 aliphatic heterocycles. The first-order valence-corrected chi connectivity index (χ1v) is 11.0. The molecule has 0 bridgehead atoms. The highest BCUT2D eigenvalue weighted by Gasteiger charge is 2.34. The lowest BCUT2D eigenvalue weighted by Gasteiger charge is -2.19. The summed E-state index contributed by atoms with van der Waals surface area (Å²) in [7, 11) is 1.69. The van der Waals surface area contributed by atoms with E-state index >= 15 is 0 Å². The number of ether oxygens (including phenoxy) is 1. The van der Waals surface area contributed by atoms with Crippen LogP contribution < -0.4 is 10.2 Å². The van der Waals surface area contributed by atoms with Crippen LogP contribution in [0, 0.1) is 0 Å². The predicted octanol–water partition coefficient (Wildman–Crippen LogP) is 4.14. The van der Waals surface area contributed by atoms with E-state index in [-0.39, 0.29) is 34.5 Å². The van der Waals surface area contributed by atoms with Crippen LogP contribution in [0.1, 0.15) is 48.2 Å². The van der Waals surface area contributed by atoms with Crippen LogP contribution in [-0.2, 0) is 16.7 Å². The van der Waals surface area contributed by atoms with Crippen LogP contribution in [0.4, 0.5) is 19.0 Å². The fourth-order valence-electron chi connectivity index (χ4n) is 3.08. The number of halogens is 3. The van der Waals surface area contributed by atoms with Crippen LogP contribution in [0.25, 0.3) is 0 Å². The molecule has 0 spiro atoms. The van der Waals surface area contributed by atoms with Crippen LogP contribution >= 0.6 is 11.8 Å². The first-order chi connectivity index (χ1) is 14.8. The highest BCUT2D eigenvalue weighted by molar-refractivity contribution is 7.98. The van der Waals surface area contributed by atoms with Crippen molar-refractivity contribution in [1.82, 2.24) is 15.3 Å². The number of alkyl halides is 3. The maximum atomic E-state index is 13.2. The molecule has 1 saturated heterocycles. The van der Waals surface area contributed by atoms with E-state index in [2.05, 4.69) is 15.3 Å². The quantitative estimate of drug-likeness (QED) is 0.447. The Kier molecular flexibility index (Phi) is 7.82. The van der Waals surface area contributed by atoms with Gasteiger partial charge in [0.05, 0.1) is 11.9 Å². The molecular formula is C20H25F3N4O3S. The highest BCUT2D eigenvalue weighted by Crippen LogP contribution is 2.32. The molecule has 0 saturated carbocycles. The molecule has 0 radical (unpaired) electrons. The molecule has 7 nitrogen and oxygen atoms in total. The van der Waals surface area contributed by atoms with Crippen LogP contribution in [0.3, 0.4) is 0 Å². The Balaban J connectivity index is 1.63. The standard InChI is InChI=1S/C20H25F3N4O3S/c1-3-8-27(2)17-10-16(20(21,22)23)25-19(26-17)31-12-14-6-7-15(30-14)18(28)24-11-13-5-4-9-29-13/h6-7,10,13H,3-5,8-9,11-12H2,1-2H3,(H,24,28). The normalized spacial score (nSPS) is 16.5. The second-order valence-electron chi connectivity index (χ2n) is 7.21. The molecule has 2 aromatic rings. The third-order valence-electron chi connectivity index (χ3n) is 4.68. The third kappa shape index (κ3) is 6.60. The Morgan fingerprint density at radius 3 is 2.84 bits per heavy atom. The van der Waals surface area contributed by atoms with Crippen molar-refractivity contribution < 1.29 is 27.1 Å². The number of carbonyl (C=O) groups excluding carboxylic acids is 1. The molecule has 3 rings (SSSR count). The summed E-state index contributed by atoms with van der Waals surface area (Å²) in [5.41, 5.74) is -0.989. The van der Waals surface area contributed by atoms with Crippen LogP contribution in [-0.4, -0.2) is 48.7 Å². The number of thioether (sulfide) groups is 1. The van der Waals surface area contributed by atoms with Crippen molar-refractivity contribution in [2.45, 2.75) is 49.4 Å². The zero-order valence-corrected chi connectivity index (χ0v) is 18.2. The van der Waals surface area contributed by atoms with Crippen molar-refractivity contribution in [2.24, 2.45) is 0 Å². The number of rotatable bonds is 9. The number of anilines is 1. The summed E-state index contributed by atoms with van der Waals surface area (Å²) >= 11 is 1.02. The van der Waals surface area contributed by atoms with Crippen molar-refractivity contribution in [1.29, 1.82) is 0 Å². The van der Waals surface area contributed by atoms with Gasteiger partial charge in [-0.2, -0.15) is 13.2 Å². The van der Waals surface area contributed by atoms with Gasteiger partial charge in [-0.25, -0.2) is 9.97 Å². The number of carbonyl (C=O) groups is 1. The van der Waals surface area contributed by atoms with Crippen molar-refractivity contribution in [3.05, 3.63) is 35.4 Å². The first-order valence-electron chi connectivity index (χ1n) is 10.0. The number of nitrogens with one attached hydrogen (secondary N) is 1. The monoisotopic (exact) mass is 458 g/mol. The minimum atomic E-state index is -4.57. The summed E-state index contributed by atoms with van der Waals surface area (Å²) in [5, 5.41) is 2.76. The number of amides is 1. The zero-order valence-electron chi connectivity index (χ0n) is 17.4. The van der Waals surface area contributed by atoms with Crippen molar-refractivity contribution in [2.75, 3.05) is 31.6 Å². The van der Waals surface area contributed by atoms with E-state index in [1.165, 1.54) is 6.07 Å². The van der Waals surface area contributed by atoms with Crippen LogP contribution in [0.15, 0.2) is 27.8 Å². The van der Waals surface area contributed by atoms with Gasteiger partial charge in [-0.3, -0.25) is 4.79 Å². The first kappa shape index (κ1) is 23.4. The molecular weight excluding hydrogens is 433 g/mol. The SMILES string of the molecule is CCCN(C)c1cc(C(F)(F)F)nc(SCc2ccc(C(=O)NCC3CCCO3)o2)n1. The lowest BCUT2D eigenvalue weighted by molar-refractivity contribution is -0.141. The average molecular weight is 459 g/mol. The fraction of sp³-hybridized carbons (Fsp3) is 0.550. The molecule has 11 heteroatoms. The summed E-state index contributed by atoms with van der Waals surface area (Å²) in [5.74, 6) is 0.626. The van der Waals surface area contributed by atoms with E-state index < -0.39 is 11.9 Å². The molecule has 0 aromatic carbocycles. The van der Waals surface area contributed by atoms with E-state index in [1.54, 1.807) is 18.0 Å². The van der Waals surface area contributed by atoms with Crippen LogP contribution in [0.5, 0.6) is 0 Å². The average Bonchev–Trinajstić information content (AvgIpc) is 3.42. The second kappa shape index (κ2) is 10.4. The second-order valence-corrected chi connectivity index (χ2v) is 8.16. The predicted molar refractivity (Wildman–Crippen MR) is 110 cm³/mol. The topological polar surface area (TPSA) is 80.5 Å². The molecule has 170 valence electrons. The molecule has 1 atom stereocenters. The van der Waals surface area contributed by atoms with Gasteiger partial charge in [-0.15, -0.1) is 0 Å². The number of furan rings is 1. The largest absolute Gasteiger partial charge is 0.455 e. The molecule has 1 N–H and O–H groups in total. The number of aromatic nitrogens is 2. The van der Waals surface area contributed by atoms with Gasteiger partial charge in [0.25, 0.3) is 5.91 Å². The van der Waals surface area contributed by atoms with E-state index in [4.69, 9.17) is 9.15 Å².